The molecule has 0 fully saturated rings. The van der Waals surface area contributed by atoms with Crippen LogP contribution < -0.4 is 0 Å². The van der Waals surface area contributed by atoms with Crippen LogP contribution in [-0.2, 0) is 28.6 Å². The summed E-state index contributed by atoms with van der Waals surface area (Å²) in [5, 5.41) is 9.60. The van der Waals surface area contributed by atoms with Gasteiger partial charge in [0.15, 0.2) is 12.1 Å². The van der Waals surface area contributed by atoms with E-state index in [1.165, 1.54) is 83.5 Å². The lowest BCUT2D eigenvalue weighted by atomic mass is 10.1. The highest BCUT2D eigenvalue weighted by Crippen LogP contribution is 2.14. The van der Waals surface area contributed by atoms with E-state index in [-0.39, 0.29) is 36.2 Å². The lowest BCUT2D eigenvalue weighted by Gasteiger charge is -2.31. The summed E-state index contributed by atoms with van der Waals surface area (Å²) in [7, 11) is 5.52. The molecule has 0 aliphatic carbocycles. The Labute approximate surface area is 325 Å². The minimum atomic E-state index is -0.878. The number of nitrogens with zero attached hydrogens (tertiary/aromatic N) is 1. The molecule has 8 heteroatoms. The number of carbonyl (C=O) groups is 3. The van der Waals surface area contributed by atoms with E-state index in [2.05, 4.69) is 50.3 Å². The fourth-order valence-electron chi connectivity index (χ4n) is 6.21. The summed E-state index contributed by atoms with van der Waals surface area (Å²) in [6.07, 6.45) is 40.4. The Balaban J connectivity index is 4.37. The Morgan fingerprint density at radius 1 is 0.566 bits per heavy atom. The summed E-state index contributed by atoms with van der Waals surface area (Å²) in [5.74, 6) is -1.49. The highest BCUT2D eigenvalue weighted by Gasteiger charge is 2.31. The van der Waals surface area contributed by atoms with Crippen molar-refractivity contribution in [2.45, 2.75) is 193 Å². The van der Waals surface area contributed by atoms with Gasteiger partial charge in [-0.1, -0.05) is 159 Å². The van der Waals surface area contributed by atoms with Crippen LogP contribution in [0.25, 0.3) is 0 Å². The predicted molar refractivity (Wildman–Crippen MR) is 220 cm³/mol. The molecule has 0 heterocycles. The summed E-state index contributed by atoms with van der Waals surface area (Å²) in [5.41, 5.74) is 0. The van der Waals surface area contributed by atoms with E-state index in [0.717, 1.165) is 64.2 Å². The number of likely N-dealkylation sites (N-methyl/N-ethyl adjacent to an activating group) is 1. The van der Waals surface area contributed by atoms with Crippen LogP contribution >= 0.6 is 0 Å². The highest BCUT2D eigenvalue weighted by molar-refractivity contribution is 5.72. The topological polar surface area (TPSA) is 99.1 Å². The van der Waals surface area contributed by atoms with Crippen LogP contribution in [-0.4, -0.2) is 80.6 Å². The minimum absolute atomic E-state index is 0.0564. The molecule has 0 amide bonds. The van der Waals surface area contributed by atoms with Gasteiger partial charge in [-0.3, -0.25) is 9.59 Å². The molecule has 0 aliphatic heterocycles. The molecular formula is C45H82NO7+. The first kappa shape index (κ1) is 50.5. The molecule has 0 saturated carbocycles. The van der Waals surface area contributed by atoms with Crippen LogP contribution in [0.3, 0.4) is 0 Å². The van der Waals surface area contributed by atoms with Crippen molar-refractivity contribution in [3.8, 4) is 0 Å². The standard InChI is InChI=1S/C45H81NO7/c1-6-8-10-12-14-16-18-19-20-21-22-23-24-26-27-29-31-33-35-43(47)52-40-41(39-51-38-37-42(45(49)50)46(3,4)5)53-44(48)36-34-32-30-28-25-17-15-13-11-9-7-2/h18-23,41-42H,6-17,24-40H2,1-5H3/p+1/b19-18+,21-20+,23-22+. The summed E-state index contributed by atoms with van der Waals surface area (Å²) < 4.78 is 17.2. The lowest BCUT2D eigenvalue weighted by Crippen LogP contribution is -2.50. The van der Waals surface area contributed by atoms with Gasteiger partial charge in [-0.05, 0) is 38.5 Å². The quantitative estimate of drug-likeness (QED) is 0.0290. The van der Waals surface area contributed by atoms with Crippen molar-refractivity contribution < 1.29 is 38.2 Å². The smallest absolute Gasteiger partial charge is 0.362 e. The first-order valence-electron chi connectivity index (χ1n) is 21.6. The van der Waals surface area contributed by atoms with Crippen molar-refractivity contribution in [3.05, 3.63) is 36.5 Å². The second kappa shape index (κ2) is 36.5. The number of allylic oxidation sites excluding steroid dienone is 6. The Bertz CT molecular complexity index is 968. The van der Waals surface area contributed by atoms with E-state index in [0.29, 0.717) is 19.3 Å². The van der Waals surface area contributed by atoms with Gasteiger partial charge in [-0.15, -0.1) is 0 Å². The molecule has 2 atom stereocenters. The largest absolute Gasteiger partial charge is 0.477 e. The van der Waals surface area contributed by atoms with Crippen LogP contribution in [0.5, 0.6) is 0 Å². The van der Waals surface area contributed by atoms with Gasteiger partial charge in [0.1, 0.15) is 6.61 Å². The molecule has 0 saturated heterocycles. The van der Waals surface area contributed by atoms with Crippen molar-refractivity contribution in [1.82, 2.24) is 0 Å². The molecule has 0 aliphatic rings. The number of rotatable bonds is 38. The zero-order chi connectivity index (χ0) is 39.3. The van der Waals surface area contributed by atoms with Crippen LogP contribution in [0, 0.1) is 0 Å². The molecule has 308 valence electrons. The van der Waals surface area contributed by atoms with Gasteiger partial charge in [-0.2, -0.15) is 0 Å². The molecule has 53 heavy (non-hydrogen) atoms. The lowest BCUT2D eigenvalue weighted by molar-refractivity contribution is -0.887. The molecule has 0 aromatic carbocycles. The number of aliphatic carboxylic acids is 1. The van der Waals surface area contributed by atoms with Crippen molar-refractivity contribution in [2.24, 2.45) is 0 Å². The zero-order valence-corrected chi connectivity index (χ0v) is 35.0. The molecule has 0 aromatic rings. The first-order valence-corrected chi connectivity index (χ1v) is 21.6. The second-order valence-electron chi connectivity index (χ2n) is 15.7. The number of hydrogen-bond donors (Lipinski definition) is 1. The van der Waals surface area contributed by atoms with E-state index < -0.39 is 18.1 Å². The van der Waals surface area contributed by atoms with Crippen molar-refractivity contribution >= 4 is 17.9 Å². The van der Waals surface area contributed by atoms with Crippen molar-refractivity contribution in [1.29, 1.82) is 0 Å². The third-order valence-electron chi connectivity index (χ3n) is 9.60. The third kappa shape index (κ3) is 35.0. The first-order chi connectivity index (χ1) is 25.6. The van der Waals surface area contributed by atoms with E-state index in [4.69, 9.17) is 14.2 Å². The van der Waals surface area contributed by atoms with Crippen LogP contribution in [0.1, 0.15) is 181 Å². The molecule has 0 rings (SSSR count). The summed E-state index contributed by atoms with van der Waals surface area (Å²) >= 11 is 0. The van der Waals surface area contributed by atoms with E-state index in [1.54, 1.807) is 0 Å². The molecule has 2 unspecified atom stereocenters. The number of carbonyl (C=O) groups excluding carboxylic acids is 2. The highest BCUT2D eigenvalue weighted by atomic mass is 16.6. The average Bonchev–Trinajstić information content (AvgIpc) is 3.11. The molecule has 0 radical (unpaired) electrons. The average molecular weight is 749 g/mol. The molecule has 1 N–H and O–H groups in total. The van der Waals surface area contributed by atoms with Gasteiger partial charge in [0.05, 0.1) is 34.4 Å². The number of unbranched alkanes of at least 4 members (excludes halogenated alkanes) is 20. The Morgan fingerprint density at radius 3 is 1.45 bits per heavy atom. The SMILES string of the molecule is CCCCCCC/C=C/C=C/C=C/CCCCCCCC(=O)OCC(COCCC(C(=O)O)[N+](C)(C)C)OC(=O)CCCCCCCCCCCCC. The second-order valence-corrected chi connectivity index (χ2v) is 15.7. The summed E-state index contributed by atoms with van der Waals surface area (Å²) in [6.45, 7) is 4.69. The number of ether oxygens (including phenoxy) is 3. The number of hydrogen-bond acceptors (Lipinski definition) is 6. The number of carboxylic acid groups (broad SMARTS) is 1. The Hall–Kier alpha value is -2.45. The van der Waals surface area contributed by atoms with Crippen molar-refractivity contribution in [3.63, 3.8) is 0 Å². The minimum Gasteiger partial charge on any atom is -0.477 e. The molecule has 0 aromatic heterocycles. The molecular weight excluding hydrogens is 666 g/mol. The van der Waals surface area contributed by atoms with Gasteiger partial charge >= 0.3 is 17.9 Å². The van der Waals surface area contributed by atoms with Gasteiger partial charge in [0.2, 0.25) is 0 Å². The maximum atomic E-state index is 12.7. The number of carboxylic acids is 1. The van der Waals surface area contributed by atoms with E-state index in [1.807, 2.05) is 21.1 Å². The monoisotopic (exact) mass is 749 g/mol. The number of esters is 2. The number of quaternary nitrogens is 1. The van der Waals surface area contributed by atoms with Gasteiger partial charge in [-0.25, -0.2) is 4.79 Å². The summed E-state index contributed by atoms with van der Waals surface area (Å²) in [4.78, 5) is 36.9. The Morgan fingerprint density at radius 2 is 1.00 bits per heavy atom. The fourth-order valence-corrected chi connectivity index (χ4v) is 6.21. The molecule has 0 spiro atoms. The summed E-state index contributed by atoms with van der Waals surface area (Å²) in [6, 6.07) is -0.615. The van der Waals surface area contributed by atoms with Gasteiger partial charge < -0.3 is 23.8 Å². The van der Waals surface area contributed by atoms with Crippen LogP contribution in [0.4, 0.5) is 0 Å². The van der Waals surface area contributed by atoms with Crippen molar-refractivity contribution in [2.75, 3.05) is 41.0 Å². The maximum absolute atomic E-state index is 12.7. The third-order valence-corrected chi connectivity index (χ3v) is 9.60. The van der Waals surface area contributed by atoms with Crippen LogP contribution in [0.15, 0.2) is 36.5 Å². The molecule has 8 nitrogen and oxygen atoms in total. The van der Waals surface area contributed by atoms with Gasteiger partial charge in [0.25, 0.3) is 0 Å². The fraction of sp³-hybridized carbons (Fsp3) is 0.800. The maximum Gasteiger partial charge on any atom is 0.362 e. The van der Waals surface area contributed by atoms with Gasteiger partial charge in [0, 0.05) is 19.3 Å². The normalized spacial score (nSPS) is 13.3. The zero-order valence-electron chi connectivity index (χ0n) is 35.0. The molecule has 0 bridgehead atoms. The van der Waals surface area contributed by atoms with E-state index in [9.17, 15) is 19.5 Å². The van der Waals surface area contributed by atoms with E-state index >= 15 is 0 Å². The van der Waals surface area contributed by atoms with Crippen LogP contribution in [0.2, 0.25) is 0 Å². The predicted octanol–water partition coefficient (Wildman–Crippen LogP) is 11.5. The Kier molecular flexibility index (Phi) is 34.8.